The Hall–Kier alpha value is -2.77. The van der Waals surface area contributed by atoms with E-state index in [-0.39, 0.29) is 6.42 Å². The van der Waals surface area contributed by atoms with Gasteiger partial charge in [-0.3, -0.25) is 0 Å². The molecule has 0 N–H and O–H groups in total. The fraction of sp³-hybridized carbons (Fsp3) is 0.158. The highest BCUT2D eigenvalue weighted by Gasteiger charge is 2.17. The van der Waals surface area contributed by atoms with Crippen molar-refractivity contribution >= 4 is 11.6 Å². The molecule has 0 spiro atoms. The van der Waals surface area contributed by atoms with E-state index in [0.717, 1.165) is 28.4 Å². The monoisotopic (exact) mass is 337 g/mol. The molecular weight excluding hydrogens is 322 g/mol. The molecule has 0 saturated carbocycles. The Labute approximate surface area is 145 Å². The number of methoxy groups -OCH3 is 1. The topological polar surface area (TPSA) is 50.8 Å². The third-order valence-electron chi connectivity index (χ3n) is 3.78. The van der Waals surface area contributed by atoms with E-state index in [9.17, 15) is 0 Å². The normalized spacial score (nSPS) is 10.4. The summed E-state index contributed by atoms with van der Waals surface area (Å²) in [4.78, 5) is 4.49. The number of hydrogen-bond acceptors (Lipinski definition) is 3. The van der Waals surface area contributed by atoms with Crippen LogP contribution in [-0.2, 0) is 13.0 Å². The highest BCUT2D eigenvalue weighted by molar-refractivity contribution is 6.30. The van der Waals surface area contributed by atoms with E-state index < -0.39 is 0 Å². The van der Waals surface area contributed by atoms with Gasteiger partial charge in [0.25, 0.3) is 0 Å². The van der Waals surface area contributed by atoms with E-state index in [1.807, 2.05) is 59.2 Å². The summed E-state index contributed by atoms with van der Waals surface area (Å²) in [6, 6.07) is 19.9. The Balaban J connectivity index is 2.11. The van der Waals surface area contributed by atoms with Crippen molar-refractivity contribution in [3.63, 3.8) is 0 Å². The van der Waals surface area contributed by atoms with Gasteiger partial charge in [-0.25, -0.2) is 4.98 Å². The van der Waals surface area contributed by atoms with Crippen molar-refractivity contribution in [3.8, 4) is 23.2 Å². The number of hydrogen-bond donors (Lipinski definition) is 0. The third kappa shape index (κ3) is 3.27. The van der Waals surface area contributed by atoms with Gasteiger partial charge in [-0.15, -0.1) is 0 Å². The summed E-state index contributed by atoms with van der Waals surface area (Å²) in [6.45, 7) is 0.601. The van der Waals surface area contributed by atoms with Crippen molar-refractivity contribution in [3.05, 3.63) is 71.0 Å². The van der Waals surface area contributed by atoms with E-state index in [4.69, 9.17) is 21.6 Å². The van der Waals surface area contributed by atoms with Crippen LogP contribution in [0.25, 0.3) is 11.4 Å². The second-order valence-electron chi connectivity index (χ2n) is 5.31. The standard InChI is InChI=1S/C19H16ClN3O/c1-24-16-9-5-8-15(12-16)19-22-18(20)17(10-11-21)23(19)13-14-6-3-2-4-7-14/h2-9,12H,10,13H2,1H3. The van der Waals surface area contributed by atoms with E-state index in [1.54, 1.807) is 7.11 Å². The minimum Gasteiger partial charge on any atom is -0.497 e. The van der Waals surface area contributed by atoms with Crippen LogP contribution in [0, 0.1) is 11.3 Å². The molecule has 3 rings (SSSR count). The number of imidazole rings is 1. The second kappa shape index (κ2) is 7.20. The molecule has 0 amide bonds. The van der Waals surface area contributed by atoms with Gasteiger partial charge in [-0.05, 0) is 17.7 Å². The van der Waals surface area contributed by atoms with Crippen LogP contribution in [0.4, 0.5) is 0 Å². The molecule has 120 valence electrons. The van der Waals surface area contributed by atoms with Crippen molar-refractivity contribution < 1.29 is 4.74 Å². The summed E-state index contributed by atoms with van der Waals surface area (Å²) in [7, 11) is 1.63. The molecule has 0 unspecified atom stereocenters. The summed E-state index contributed by atoms with van der Waals surface area (Å²) < 4.78 is 7.29. The molecule has 0 aliphatic rings. The molecule has 0 aliphatic carbocycles. The molecule has 1 heterocycles. The zero-order valence-electron chi connectivity index (χ0n) is 13.2. The number of rotatable bonds is 5. The van der Waals surface area contributed by atoms with Crippen molar-refractivity contribution in [1.29, 1.82) is 5.26 Å². The molecule has 0 bridgehead atoms. The summed E-state index contributed by atoms with van der Waals surface area (Å²) >= 11 is 6.30. The quantitative estimate of drug-likeness (QED) is 0.696. The fourth-order valence-electron chi connectivity index (χ4n) is 2.62. The maximum absolute atomic E-state index is 9.13. The van der Waals surface area contributed by atoms with Crippen LogP contribution < -0.4 is 4.74 Å². The van der Waals surface area contributed by atoms with Gasteiger partial charge in [0.05, 0.1) is 25.3 Å². The molecule has 0 saturated heterocycles. The van der Waals surface area contributed by atoms with Crippen LogP contribution in [0.5, 0.6) is 5.75 Å². The number of halogens is 1. The van der Waals surface area contributed by atoms with Gasteiger partial charge < -0.3 is 9.30 Å². The van der Waals surface area contributed by atoms with E-state index in [0.29, 0.717) is 11.7 Å². The number of aromatic nitrogens is 2. The van der Waals surface area contributed by atoms with Gasteiger partial charge in [-0.1, -0.05) is 54.1 Å². The zero-order valence-corrected chi connectivity index (χ0v) is 14.0. The average molecular weight is 338 g/mol. The molecule has 1 aromatic heterocycles. The van der Waals surface area contributed by atoms with Crippen molar-refractivity contribution in [2.45, 2.75) is 13.0 Å². The van der Waals surface area contributed by atoms with Crippen LogP contribution in [-0.4, -0.2) is 16.7 Å². The van der Waals surface area contributed by atoms with Crippen molar-refractivity contribution in [2.24, 2.45) is 0 Å². The predicted octanol–water partition coefficient (Wildman–Crippen LogP) is 4.33. The van der Waals surface area contributed by atoms with E-state index in [2.05, 4.69) is 11.1 Å². The lowest BCUT2D eigenvalue weighted by Crippen LogP contribution is -2.06. The number of nitriles is 1. The summed E-state index contributed by atoms with van der Waals surface area (Å²) in [5.41, 5.74) is 2.74. The number of benzene rings is 2. The first-order valence-corrected chi connectivity index (χ1v) is 7.91. The van der Waals surface area contributed by atoms with Crippen LogP contribution >= 0.6 is 11.6 Å². The Morgan fingerprint density at radius 3 is 2.67 bits per heavy atom. The molecule has 24 heavy (non-hydrogen) atoms. The van der Waals surface area contributed by atoms with Crippen LogP contribution in [0.3, 0.4) is 0 Å². The highest BCUT2D eigenvalue weighted by atomic mass is 35.5. The average Bonchev–Trinajstić information content (AvgIpc) is 2.92. The van der Waals surface area contributed by atoms with Gasteiger partial charge >= 0.3 is 0 Å². The molecule has 0 atom stereocenters. The highest BCUT2D eigenvalue weighted by Crippen LogP contribution is 2.29. The van der Waals surface area contributed by atoms with Gasteiger partial charge in [0.2, 0.25) is 0 Å². The first-order chi connectivity index (χ1) is 11.7. The van der Waals surface area contributed by atoms with E-state index >= 15 is 0 Å². The molecule has 0 aliphatic heterocycles. The molecule has 3 aromatic rings. The zero-order chi connectivity index (χ0) is 16.9. The summed E-state index contributed by atoms with van der Waals surface area (Å²) in [5.74, 6) is 1.48. The van der Waals surface area contributed by atoms with Gasteiger partial charge in [0.15, 0.2) is 5.15 Å². The lowest BCUT2D eigenvalue weighted by Gasteiger charge is -2.12. The number of nitrogens with zero attached hydrogens (tertiary/aromatic N) is 3. The van der Waals surface area contributed by atoms with Crippen molar-refractivity contribution in [1.82, 2.24) is 9.55 Å². The minimum absolute atomic E-state index is 0.211. The molecule has 0 radical (unpaired) electrons. The molecular formula is C19H16ClN3O. The predicted molar refractivity (Wildman–Crippen MR) is 94.1 cm³/mol. The first-order valence-electron chi connectivity index (χ1n) is 7.53. The maximum Gasteiger partial charge on any atom is 0.152 e. The lowest BCUT2D eigenvalue weighted by molar-refractivity contribution is 0.415. The molecule has 5 heteroatoms. The van der Waals surface area contributed by atoms with Gasteiger partial charge in [-0.2, -0.15) is 5.26 Å². The minimum atomic E-state index is 0.211. The lowest BCUT2D eigenvalue weighted by atomic mass is 10.1. The molecule has 4 nitrogen and oxygen atoms in total. The largest absolute Gasteiger partial charge is 0.497 e. The maximum atomic E-state index is 9.13. The van der Waals surface area contributed by atoms with Crippen molar-refractivity contribution in [2.75, 3.05) is 7.11 Å². The fourth-order valence-corrected chi connectivity index (χ4v) is 2.87. The molecule has 2 aromatic carbocycles. The summed E-state index contributed by atoms with van der Waals surface area (Å²) in [6.07, 6.45) is 0.211. The van der Waals surface area contributed by atoms with Crippen LogP contribution in [0.2, 0.25) is 5.15 Å². The smallest absolute Gasteiger partial charge is 0.152 e. The summed E-state index contributed by atoms with van der Waals surface area (Å²) in [5, 5.41) is 9.49. The third-order valence-corrected chi connectivity index (χ3v) is 4.08. The van der Waals surface area contributed by atoms with Crippen LogP contribution in [0.15, 0.2) is 54.6 Å². The Bertz CT molecular complexity index is 881. The Morgan fingerprint density at radius 2 is 1.96 bits per heavy atom. The second-order valence-corrected chi connectivity index (χ2v) is 5.67. The molecule has 0 fully saturated rings. The van der Waals surface area contributed by atoms with Gasteiger partial charge in [0.1, 0.15) is 11.6 Å². The number of ether oxygens (including phenoxy) is 1. The first kappa shape index (κ1) is 16.1. The Morgan fingerprint density at radius 1 is 1.17 bits per heavy atom. The Kier molecular flexibility index (Phi) is 4.83. The SMILES string of the molecule is COc1cccc(-c2nc(Cl)c(CC#N)n2Cc2ccccc2)c1. The van der Waals surface area contributed by atoms with Gasteiger partial charge in [0, 0.05) is 12.1 Å². The van der Waals surface area contributed by atoms with Crippen LogP contribution in [0.1, 0.15) is 11.3 Å². The van der Waals surface area contributed by atoms with E-state index in [1.165, 1.54) is 0 Å².